The molecule has 0 fully saturated rings. The first kappa shape index (κ1) is 11.5. The van der Waals surface area contributed by atoms with E-state index < -0.39 is 0 Å². The number of anilines is 1. The third-order valence-corrected chi connectivity index (χ3v) is 2.79. The Kier molecular flexibility index (Phi) is 4.98. The Bertz CT molecular complexity index is 278. The molecule has 1 aromatic carbocycles. The second kappa shape index (κ2) is 6.04. The summed E-state index contributed by atoms with van der Waals surface area (Å²) in [6, 6.07) is 8.49. The fraction of sp³-hybridized carbons (Fsp3) is 0.455. The minimum atomic E-state index is 0.374. The number of rotatable bonds is 5. The maximum Gasteiger partial charge on any atom is 0.0663 e. The molecule has 1 rings (SSSR count). The second-order valence-electron chi connectivity index (χ2n) is 3.18. The maximum atomic E-state index is 5.13. The zero-order valence-corrected chi connectivity index (χ0v) is 10.2. The van der Waals surface area contributed by atoms with Gasteiger partial charge in [-0.2, -0.15) is 0 Å². The first-order valence-electron chi connectivity index (χ1n) is 4.78. The molecular formula is C11H16BrNO. The summed E-state index contributed by atoms with van der Waals surface area (Å²) >= 11 is 3.50. The molecule has 1 unspecified atom stereocenters. The van der Waals surface area contributed by atoms with Crippen LogP contribution in [-0.4, -0.2) is 19.8 Å². The molecule has 1 aromatic rings. The van der Waals surface area contributed by atoms with Gasteiger partial charge in [-0.3, -0.25) is 0 Å². The lowest BCUT2D eigenvalue weighted by Crippen LogP contribution is -2.23. The van der Waals surface area contributed by atoms with Gasteiger partial charge in [0.15, 0.2) is 0 Å². The van der Waals surface area contributed by atoms with Crippen molar-refractivity contribution in [3.8, 4) is 0 Å². The lowest BCUT2D eigenvalue weighted by Gasteiger charge is -2.18. The Hall–Kier alpha value is -0.540. The fourth-order valence-electron chi connectivity index (χ4n) is 1.26. The van der Waals surface area contributed by atoms with Gasteiger partial charge in [0.1, 0.15) is 0 Å². The van der Waals surface area contributed by atoms with Crippen molar-refractivity contribution in [2.75, 3.05) is 19.0 Å². The van der Waals surface area contributed by atoms with Crippen LogP contribution >= 0.6 is 15.9 Å². The van der Waals surface area contributed by atoms with Crippen molar-refractivity contribution >= 4 is 21.6 Å². The van der Waals surface area contributed by atoms with Crippen LogP contribution < -0.4 is 5.32 Å². The number of ether oxygens (including phenoxy) is 1. The molecule has 0 radical (unpaired) electrons. The highest BCUT2D eigenvalue weighted by Gasteiger charge is 2.06. The molecule has 78 valence electrons. The van der Waals surface area contributed by atoms with Gasteiger partial charge in [-0.15, -0.1) is 0 Å². The number of benzene rings is 1. The number of nitrogens with one attached hydrogen (secondary N) is 1. The minimum absolute atomic E-state index is 0.374. The van der Waals surface area contributed by atoms with E-state index in [1.165, 1.54) is 0 Å². The summed E-state index contributed by atoms with van der Waals surface area (Å²) in [4.78, 5) is 0. The normalized spacial score (nSPS) is 12.5. The smallest absolute Gasteiger partial charge is 0.0663 e. The molecule has 0 amide bonds. The van der Waals surface area contributed by atoms with Crippen molar-refractivity contribution < 1.29 is 4.74 Å². The molecule has 3 heteroatoms. The quantitative estimate of drug-likeness (QED) is 0.875. The Balaban J connectivity index is 2.62. The molecule has 0 aliphatic carbocycles. The molecular weight excluding hydrogens is 242 g/mol. The zero-order chi connectivity index (χ0) is 10.4. The van der Waals surface area contributed by atoms with Gasteiger partial charge in [-0.05, 0) is 34.5 Å². The molecule has 1 atom stereocenters. The van der Waals surface area contributed by atoms with Gasteiger partial charge in [0.2, 0.25) is 0 Å². The molecule has 0 heterocycles. The Labute approximate surface area is 93.8 Å². The molecule has 0 saturated carbocycles. The van der Waals surface area contributed by atoms with E-state index in [4.69, 9.17) is 4.74 Å². The Morgan fingerprint density at radius 3 is 2.71 bits per heavy atom. The van der Waals surface area contributed by atoms with Gasteiger partial charge in [0.25, 0.3) is 0 Å². The largest absolute Gasteiger partial charge is 0.383 e. The summed E-state index contributed by atoms with van der Waals surface area (Å²) < 4.78 is 6.22. The summed E-state index contributed by atoms with van der Waals surface area (Å²) in [5.41, 5.74) is 1.12. The van der Waals surface area contributed by atoms with Gasteiger partial charge in [-0.25, -0.2) is 0 Å². The molecule has 2 nitrogen and oxygen atoms in total. The van der Waals surface area contributed by atoms with Crippen molar-refractivity contribution in [2.45, 2.75) is 19.4 Å². The molecule has 0 aromatic heterocycles. The van der Waals surface area contributed by atoms with Crippen molar-refractivity contribution in [1.29, 1.82) is 0 Å². The van der Waals surface area contributed by atoms with E-state index in [1.54, 1.807) is 7.11 Å². The summed E-state index contributed by atoms with van der Waals surface area (Å²) in [5.74, 6) is 0. The number of hydrogen-bond acceptors (Lipinski definition) is 2. The van der Waals surface area contributed by atoms with Gasteiger partial charge in [0.05, 0.1) is 6.61 Å². The van der Waals surface area contributed by atoms with E-state index in [0.717, 1.165) is 23.2 Å². The molecule has 0 spiro atoms. The van der Waals surface area contributed by atoms with Crippen LogP contribution in [0.1, 0.15) is 13.3 Å². The van der Waals surface area contributed by atoms with Crippen LogP contribution in [0.15, 0.2) is 28.7 Å². The standard InChI is InChI=1S/C11H16BrNO/c1-3-9(8-14-2)13-11-7-5-4-6-10(11)12/h4-7,9,13H,3,8H2,1-2H3. The first-order chi connectivity index (χ1) is 6.77. The summed E-state index contributed by atoms with van der Waals surface area (Å²) in [6.45, 7) is 2.88. The van der Waals surface area contributed by atoms with Crippen LogP contribution in [0.25, 0.3) is 0 Å². The molecule has 0 aliphatic heterocycles. The molecule has 14 heavy (non-hydrogen) atoms. The van der Waals surface area contributed by atoms with Crippen LogP contribution in [0.5, 0.6) is 0 Å². The number of halogens is 1. The topological polar surface area (TPSA) is 21.3 Å². The van der Waals surface area contributed by atoms with Crippen LogP contribution in [-0.2, 0) is 4.74 Å². The third kappa shape index (κ3) is 3.31. The maximum absolute atomic E-state index is 5.13. The van der Waals surface area contributed by atoms with Gasteiger partial charge in [-0.1, -0.05) is 19.1 Å². The molecule has 0 saturated heterocycles. The van der Waals surface area contributed by atoms with E-state index >= 15 is 0 Å². The van der Waals surface area contributed by atoms with E-state index in [-0.39, 0.29) is 0 Å². The average Bonchev–Trinajstić information content (AvgIpc) is 2.20. The molecule has 0 aliphatic rings. The number of methoxy groups -OCH3 is 1. The SMILES string of the molecule is CCC(COC)Nc1ccccc1Br. The highest BCUT2D eigenvalue weighted by molar-refractivity contribution is 9.10. The van der Waals surface area contributed by atoms with Crippen molar-refractivity contribution in [1.82, 2.24) is 0 Å². The van der Waals surface area contributed by atoms with E-state index in [2.05, 4.69) is 34.2 Å². The van der Waals surface area contributed by atoms with Gasteiger partial charge < -0.3 is 10.1 Å². The summed E-state index contributed by atoms with van der Waals surface area (Å²) in [5, 5.41) is 3.43. The van der Waals surface area contributed by atoms with Crippen LogP contribution in [0.4, 0.5) is 5.69 Å². The molecule has 0 bridgehead atoms. The lowest BCUT2D eigenvalue weighted by atomic mass is 10.2. The predicted molar refractivity (Wildman–Crippen MR) is 63.7 cm³/mol. The van der Waals surface area contributed by atoms with Gasteiger partial charge in [0, 0.05) is 23.3 Å². The van der Waals surface area contributed by atoms with Crippen LogP contribution in [0, 0.1) is 0 Å². The highest BCUT2D eigenvalue weighted by Crippen LogP contribution is 2.22. The third-order valence-electron chi connectivity index (χ3n) is 2.09. The van der Waals surface area contributed by atoms with Crippen molar-refractivity contribution in [3.63, 3.8) is 0 Å². The Morgan fingerprint density at radius 1 is 1.43 bits per heavy atom. The summed E-state index contributed by atoms with van der Waals surface area (Å²) in [7, 11) is 1.73. The van der Waals surface area contributed by atoms with Crippen LogP contribution in [0.2, 0.25) is 0 Å². The van der Waals surface area contributed by atoms with Crippen molar-refractivity contribution in [2.24, 2.45) is 0 Å². The molecule has 1 N–H and O–H groups in total. The monoisotopic (exact) mass is 257 g/mol. The van der Waals surface area contributed by atoms with E-state index in [1.807, 2.05) is 18.2 Å². The number of hydrogen-bond donors (Lipinski definition) is 1. The van der Waals surface area contributed by atoms with E-state index in [0.29, 0.717) is 6.04 Å². The predicted octanol–water partition coefficient (Wildman–Crippen LogP) is 3.29. The second-order valence-corrected chi connectivity index (χ2v) is 4.04. The average molecular weight is 258 g/mol. The van der Waals surface area contributed by atoms with E-state index in [9.17, 15) is 0 Å². The Morgan fingerprint density at radius 2 is 2.14 bits per heavy atom. The zero-order valence-electron chi connectivity index (χ0n) is 8.59. The number of para-hydroxylation sites is 1. The van der Waals surface area contributed by atoms with Crippen molar-refractivity contribution in [3.05, 3.63) is 28.7 Å². The fourth-order valence-corrected chi connectivity index (χ4v) is 1.66. The summed E-state index contributed by atoms with van der Waals surface area (Å²) in [6.07, 6.45) is 1.05. The highest BCUT2D eigenvalue weighted by atomic mass is 79.9. The first-order valence-corrected chi connectivity index (χ1v) is 5.57. The van der Waals surface area contributed by atoms with Gasteiger partial charge >= 0.3 is 0 Å². The minimum Gasteiger partial charge on any atom is -0.383 e. The van der Waals surface area contributed by atoms with Crippen LogP contribution in [0.3, 0.4) is 0 Å². The lowest BCUT2D eigenvalue weighted by molar-refractivity contribution is 0.184.